The molecule has 79 heavy (non-hydrogen) atoms. The first kappa shape index (κ1) is 62.7. The lowest BCUT2D eigenvalue weighted by Gasteiger charge is -2.32. The van der Waals surface area contributed by atoms with Crippen LogP contribution < -0.4 is 10.6 Å². The smallest absolute Gasteiger partial charge is 0.314 e. The van der Waals surface area contributed by atoms with E-state index in [0.717, 1.165) is 84.7 Å². The molecule has 0 saturated carbocycles. The molecule has 1 fully saturated rings. The molecule has 7 rings (SSSR count). The zero-order chi connectivity index (χ0) is 56.7. The maximum atomic E-state index is 12.9. The number of carboxylic acid groups (broad SMARTS) is 1. The molecular formula is C61H82N8O10. The normalized spacial score (nSPS) is 15.3. The van der Waals surface area contributed by atoms with Gasteiger partial charge in [-0.05, 0) is 105 Å². The Morgan fingerprint density at radius 3 is 1.54 bits per heavy atom. The molecular weight excluding hydrogens is 1000 g/mol. The van der Waals surface area contributed by atoms with Crippen molar-refractivity contribution in [2.75, 3.05) is 33.0 Å². The van der Waals surface area contributed by atoms with Crippen molar-refractivity contribution in [1.29, 1.82) is 0 Å². The Morgan fingerprint density at radius 2 is 1.13 bits per heavy atom. The van der Waals surface area contributed by atoms with Crippen LogP contribution in [0.15, 0.2) is 122 Å². The van der Waals surface area contributed by atoms with Crippen LogP contribution in [0.25, 0.3) is 22.3 Å². The van der Waals surface area contributed by atoms with E-state index in [-0.39, 0.29) is 37.4 Å². The molecule has 0 radical (unpaired) electrons. The summed E-state index contributed by atoms with van der Waals surface area (Å²) in [7, 11) is 0. The molecule has 426 valence electrons. The number of nitrogens with zero attached hydrogens (tertiary/aromatic N) is 4. The summed E-state index contributed by atoms with van der Waals surface area (Å²) in [6.45, 7) is 8.51. The number of amides is 2. The molecule has 18 heteroatoms. The number of aromatic amines is 2. The van der Waals surface area contributed by atoms with Gasteiger partial charge in [-0.15, -0.1) is 0 Å². The number of rotatable bonds is 29. The summed E-state index contributed by atoms with van der Waals surface area (Å²) in [5, 5.41) is 54.4. The van der Waals surface area contributed by atoms with Crippen molar-refractivity contribution in [3.63, 3.8) is 0 Å². The van der Waals surface area contributed by atoms with Gasteiger partial charge in [0.1, 0.15) is 0 Å². The summed E-state index contributed by atoms with van der Waals surface area (Å²) in [5.74, 6) is -2.26. The number of benzene rings is 4. The number of carbonyl (C=O) groups excluding carboxylic acids is 3. The maximum absolute atomic E-state index is 12.9. The van der Waals surface area contributed by atoms with Gasteiger partial charge >= 0.3 is 11.9 Å². The molecule has 18 nitrogen and oxygen atoms in total. The van der Waals surface area contributed by atoms with Gasteiger partial charge in [0.25, 0.3) is 11.8 Å². The fourth-order valence-electron chi connectivity index (χ4n) is 9.02. The van der Waals surface area contributed by atoms with Crippen molar-refractivity contribution in [2.24, 2.45) is 10.8 Å². The average Bonchev–Trinajstić information content (AvgIpc) is 4.24. The third-order valence-corrected chi connectivity index (χ3v) is 13.8. The highest BCUT2D eigenvalue weighted by molar-refractivity contribution is 5.92. The Bertz CT molecular complexity index is 2630. The fourth-order valence-corrected chi connectivity index (χ4v) is 9.02. The molecule has 0 bridgehead atoms. The number of H-pyrrole nitrogens is 2. The molecule has 0 spiro atoms. The van der Waals surface area contributed by atoms with Gasteiger partial charge in [0.15, 0.2) is 17.7 Å². The van der Waals surface area contributed by atoms with E-state index in [0.29, 0.717) is 32.7 Å². The number of nitrogens with one attached hydrogen (secondary N) is 4. The van der Waals surface area contributed by atoms with Crippen molar-refractivity contribution in [3.8, 4) is 22.3 Å². The number of aliphatic hydroxyl groups excluding tert-OH is 2. The summed E-state index contributed by atoms with van der Waals surface area (Å²) in [5.41, 5.74) is 4.29. The van der Waals surface area contributed by atoms with Crippen LogP contribution in [0.3, 0.4) is 0 Å². The zero-order valence-corrected chi connectivity index (χ0v) is 46.4. The van der Waals surface area contributed by atoms with Gasteiger partial charge in [0.05, 0.1) is 43.0 Å². The first-order chi connectivity index (χ1) is 38.3. The Hall–Kier alpha value is -7.12. The summed E-state index contributed by atoms with van der Waals surface area (Å²) in [6.07, 6.45) is 14.9. The van der Waals surface area contributed by atoms with Crippen LogP contribution in [-0.4, -0.2) is 121 Å². The van der Waals surface area contributed by atoms with Crippen LogP contribution >= 0.6 is 0 Å². The molecule has 6 aromatic rings. The van der Waals surface area contributed by atoms with E-state index in [1.165, 1.54) is 31.7 Å². The molecule has 1 unspecified atom stereocenters. The highest BCUT2D eigenvalue weighted by Crippen LogP contribution is 2.30. The lowest BCUT2D eigenvalue weighted by molar-refractivity contribution is -0.187. The van der Waals surface area contributed by atoms with Gasteiger partial charge in [-0.1, -0.05) is 162 Å². The zero-order valence-electron chi connectivity index (χ0n) is 46.4. The minimum Gasteiger partial charge on any atom is -0.481 e. The third kappa shape index (κ3) is 21.6. The second kappa shape index (κ2) is 34.0. The summed E-state index contributed by atoms with van der Waals surface area (Å²) in [4.78, 5) is 50.8. The van der Waals surface area contributed by atoms with Gasteiger partial charge < -0.3 is 40.2 Å². The van der Waals surface area contributed by atoms with Crippen molar-refractivity contribution < 1.29 is 48.7 Å². The number of aliphatic hydroxyl groups is 2. The van der Waals surface area contributed by atoms with E-state index < -0.39 is 53.0 Å². The van der Waals surface area contributed by atoms with Crippen LogP contribution in [0, 0.1) is 10.8 Å². The highest BCUT2D eigenvalue weighted by Gasteiger charge is 2.39. The van der Waals surface area contributed by atoms with E-state index >= 15 is 0 Å². The van der Waals surface area contributed by atoms with Gasteiger partial charge in [0, 0.05) is 25.3 Å². The number of aromatic nitrogens is 6. The van der Waals surface area contributed by atoms with Gasteiger partial charge in [-0.3, -0.25) is 19.2 Å². The molecule has 5 atom stereocenters. The molecule has 0 aliphatic carbocycles. The highest BCUT2D eigenvalue weighted by atomic mass is 16.7. The topological polar surface area (TPSA) is 264 Å². The molecule has 3 heterocycles. The van der Waals surface area contributed by atoms with E-state index in [4.69, 9.17) is 19.3 Å². The van der Waals surface area contributed by atoms with E-state index in [2.05, 4.69) is 67.4 Å². The second-order valence-electron chi connectivity index (χ2n) is 20.7. The Labute approximate surface area is 464 Å². The maximum Gasteiger partial charge on any atom is 0.314 e. The van der Waals surface area contributed by atoms with Crippen LogP contribution in [-0.2, 0) is 36.6 Å². The summed E-state index contributed by atoms with van der Waals surface area (Å²) >= 11 is 0. The van der Waals surface area contributed by atoms with Crippen molar-refractivity contribution in [1.82, 2.24) is 41.5 Å². The lowest BCUT2D eigenvalue weighted by atomic mass is 9.82. The number of aliphatic carboxylic acids is 1. The van der Waals surface area contributed by atoms with Crippen molar-refractivity contribution >= 4 is 23.8 Å². The number of carbonyl (C=O) groups is 4. The number of hydrogen-bond donors (Lipinski definition) is 7. The fraction of sp³-hybridized carbons (Fsp3) is 0.475. The van der Waals surface area contributed by atoms with Crippen LogP contribution in [0.2, 0.25) is 0 Å². The van der Waals surface area contributed by atoms with Crippen LogP contribution in [0.5, 0.6) is 0 Å². The van der Waals surface area contributed by atoms with Crippen LogP contribution in [0.1, 0.15) is 143 Å². The van der Waals surface area contributed by atoms with Gasteiger partial charge in [-0.25, -0.2) is 0 Å². The van der Waals surface area contributed by atoms with E-state index in [1.54, 1.807) is 13.8 Å². The summed E-state index contributed by atoms with van der Waals surface area (Å²) in [6, 6.07) is 35.4. The number of ether oxygens (including phenoxy) is 3. The quantitative estimate of drug-likeness (QED) is 0.0170. The Kier molecular flexibility index (Phi) is 27.0. The number of carboxylic acids is 1. The van der Waals surface area contributed by atoms with E-state index in [1.807, 2.05) is 97.1 Å². The predicted octanol–water partition coefficient (Wildman–Crippen LogP) is 9.72. The summed E-state index contributed by atoms with van der Waals surface area (Å²) < 4.78 is 17.0. The standard InChI is InChI=1S/C28H36N4O4.C27H32N4O5.C6H14O/c1-3-4-5-9-16-36-27(35)28(2,20-33)18-24(30-26(34)25-19-29-32-31-25)17-21-12-14-23(15-13-21)22-10-7-6-8-11-22;1-27(26(33)34,18-36-24-9-5-6-14-35-24)16-22(29-25(32)23-17-28-31-30-23)15-19-10-12-21(13-11-19)20-7-3-2-4-8-20;1-2-3-4-5-6-7/h6-8,10-15,19,24,33H,3-5,9,16-18,20H2,1-2H3,(H,30,34)(H,29,31,32);2-4,7-8,10-13,17,22,24H,5-6,9,14-16,18H2,1H3,(H,29,32)(H,33,34)(H,28,30,31);7H,2-6H2,1H3/t24-,28+;22-,24?,27+;/m11./s1. The number of hydrogen-bond acceptors (Lipinski definition) is 13. The van der Waals surface area contributed by atoms with Crippen molar-refractivity contribution in [3.05, 3.63) is 144 Å². The number of unbranched alkanes of at least 4 members (excludes halogenated alkanes) is 6. The molecule has 1 aliphatic heterocycles. The van der Waals surface area contributed by atoms with Crippen LogP contribution in [0.4, 0.5) is 0 Å². The molecule has 1 saturated heterocycles. The molecule has 1 aliphatic rings. The molecule has 7 N–H and O–H groups in total. The van der Waals surface area contributed by atoms with E-state index in [9.17, 15) is 29.4 Å². The predicted molar refractivity (Wildman–Crippen MR) is 302 cm³/mol. The van der Waals surface area contributed by atoms with Gasteiger partial charge in [-0.2, -0.15) is 30.8 Å². The lowest BCUT2D eigenvalue weighted by Crippen LogP contribution is -2.45. The molecule has 2 amide bonds. The Balaban J connectivity index is 0.000000259. The minimum atomic E-state index is -1.23. The van der Waals surface area contributed by atoms with Gasteiger partial charge in [0.2, 0.25) is 0 Å². The monoisotopic (exact) mass is 1090 g/mol. The van der Waals surface area contributed by atoms with Crippen molar-refractivity contribution in [2.45, 2.75) is 142 Å². The second-order valence-corrected chi connectivity index (χ2v) is 20.7. The number of esters is 1. The first-order valence-electron chi connectivity index (χ1n) is 27.8. The SMILES string of the molecule is CCCCCCO.CCCCCCOC(=O)[C@](C)(CO)C[C@@H](Cc1ccc(-c2ccccc2)cc1)NC(=O)c1cn[nH]n1.C[C@@](COC1CCCCO1)(C[C@@H](Cc1ccc(-c2ccccc2)cc1)NC(=O)c1cn[nH]n1)C(=O)O. The molecule has 4 aromatic carbocycles. The first-order valence-corrected chi connectivity index (χ1v) is 27.8. The Morgan fingerprint density at radius 1 is 0.646 bits per heavy atom. The minimum absolute atomic E-state index is 0.0176. The third-order valence-electron chi connectivity index (χ3n) is 13.8. The molecule has 2 aromatic heterocycles. The largest absolute Gasteiger partial charge is 0.481 e. The average molecular weight is 1090 g/mol.